The van der Waals surface area contributed by atoms with Crippen molar-refractivity contribution in [1.82, 2.24) is 0 Å². The van der Waals surface area contributed by atoms with E-state index < -0.39 is 0 Å². The molecule has 0 aliphatic heterocycles. The molecule has 0 heterocycles. The fourth-order valence-electron chi connectivity index (χ4n) is 0.832. The van der Waals surface area contributed by atoms with Gasteiger partial charge in [-0.15, -0.1) is 0 Å². The Balaban J connectivity index is 4.11. The molecule has 0 aromatic heterocycles. The molecule has 0 radical (unpaired) electrons. The maximum atomic E-state index is 10.7. The second kappa shape index (κ2) is 7.09. The first-order valence-corrected chi connectivity index (χ1v) is 4.43. The number of allylic oxidation sites excluding steroid dienone is 2. The molecule has 0 fully saturated rings. The van der Waals surface area contributed by atoms with E-state index in [9.17, 15) is 4.79 Å². The molecule has 0 saturated heterocycles. The Labute approximate surface area is 84.9 Å². The lowest BCUT2D eigenvalue weighted by atomic mass is 10.1. The number of hydrogen-bond donors (Lipinski definition) is 1. The van der Waals surface area contributed by atoms with Gasteiger partial charge in [0, 0.05) is 6.04 Å². The fraction of sp³-hybridized carbons (Fsp3) is 0.364. The van der Waals surface area contributed by atoms with Crippen molar-refractivity contribution >= 4 is 5.97 Å². The summed E-state index contributed by atoms with van der Waals surface area (Å²) in [6, 6.07) is -0.0460. The minimum absolute atomic E-state index is 0.0460. The van der Waals surface area contributed by atoms with Crippen LogP contribution >= 0.6 is 0 Å². The van der Waals surface area contributed by atoms with Gasteiger partial charge < -0.3 is 10.5 Å². The molecule has 0 amide bonds. The quantitative estimate of drug-likeness (QED) is 0.535. The monoisotopic (exact) mass is 195 g/mol. The Bertz CT molecular complexity index is 252. The molecule has 0 aromatic carbocycles. The zero-order valence-corrected chi connectivity index (χ0v) is 8.69. The maximum absolute atomic E-state index is 10.7. The second-order valence-electron chi connectivity index (χ2n) is 2.87. The third-order valence-corrected chi connectivity index (χ3v) is 1.70. The number of rotatable bonds is 5. The number of nitrogens with two attached hydrogens (primary N) is 1. The van der Waals surface area contributed by atoms with Crippen LogP contribution in [0.5, 0.6) is 0 Å². The lowest BCUT2D eigenvalue weighted by molar-refractivity contribution is -0.139. The topological polar surface area (TPSA) is 52.3 Å². The highest BCUT2D eigenvalue weighted by Gasteiger charge is 1.96. The van der Waals surface area contributed by atoms with E-state index in [2.05, 4.69) is 11.3 Å². The summed E-state index contributed by atoms with van der Waals surface area (Å²) in [5, 5.41) is 0. The van der Waals surface area contributed by atoms with Gasteiger partial charge in [0.15, 0.2) is 0 Å². The van der Waals surface area contributed by atoms with Crippen LogP contribution < -0.4 is 5.73 Å². The van der Waals surface area contributed by atoms with Crippen molar-refractivity contribution in [3.63, 3.8) is 0 Å². The van der Waals surface area contributed by atoms with Gasteiger partial charge in [0.1, 0.15) is 0 Å². The van der Waals surface area contributed by atoms with Crippen molar-refractivity contribution in [2.24, 2.45) is 5.73 Å². The molecule has 0 aliphatic carbocycles. The third kappa shape index (κ3) is 5.32. The van der Waals surface area contributed by atoms with Gasteiger partial charge in [-0.3, -0.25) is 4.79 Å². The molecular weight excluding hydrogens is 178 g/mol. The smallest absolute Gasteiger partial charge is 0.309 e. The molecule has 1 atom stereocenters. The average Bonchev–Trinajstić information content (AvgIpc) is 2.16. The van der Waals surface area contributed by atoms with Crippen LogP contribution in [0.15, 0.2) is 36.5 Å². The molecule has 0 bridgehead atoms. The summed E-state index contributed by atoms with van der Waals surface area (Å²) in [5.41, 5.74) is 6.59. The molecule has 0 spiro atoms. The first-order chi connectivity index (χ1) is 6.61. The summed E-state index contributed by atoms with van der Waals surface area (Å²) in [5.74, 6) is -0.254. The van der Waals surface area contributed by atoms with Crippen molar-refractivity contribution in [3.05, 3.63) is 36.5 Å². The summed E-state index contributed by atoms with van der Waals surface area (Å²) >= 11 is 0. The van der Waals surface area contributed by atoms with E-state index in [4.69, 9.17) is 5.73 Å². The highest BCUT2D eigenvalue weighted by Crippen LogP contribution is 2.01. The van der Waals surface area contributed by atoms with Crippen LogP contribution in [-0.4, -0.2) is 19.1 Å². The van der Waals surface area contributed by atoms with Crippen LogP contribution in [0.3, 0.4) is 0 Å². The summed E-state index contributed by atoms with van der Waals surface area (Å²) in [6.45, 7) is 5.52. The summed E-state index contributed by atoms with van der Waals surface area (Å²) in [6.07, 6.45) is 7.30. The molecule has 0 aliphatic rings. The van der Waals surface area contributed by atoms with Gasteiger partial charge >= 0.3 is 5.97 Å². The van der Waals surface area contributed by atoms with Crippen LogP contribution in [-0.2, 0) is 9.53 Å². The number of esters is 1. The molecule has 0 aromatic rings. The minimum atomic E-state index is -0.254. The van der Waals surface area contributed by atoms with Crippen LogP contribution in [0.1, 0.15) is 13.3 Å². The van der Waals surface area contributed by atoms with Crippen molar-refractivity contribution in [3.8, 4) is 0 Å². The molecule has 0 saturated carbocycles. The predicted octanol–water partition coefficient (Wildman–Crippen LogP) is 1.57. The lowest BCUT2D eigenvalue weighted by Crippen LogP contribution is -2.16. The fourth-order valence-corrected chi connectivity index (χ4v) is 0.832. The Morgan fingerprint density at radius 2 is 2.29 bits per heavy atom. The summed E-state index contributed by atoms with van der Waals surface area (Å²) < 4.78 is 4.48. The van der Waals surface area contributed by atoms with Crippen LogP contribution in [0.2, 0.25) is 0 Å². The Morgan fingerprint density at radius 1 is 1.64 bits per heavy atom. The number of methoxy groups -OCH3 is 1. The number of carbonyl (C=O) groups excluding carboxylic acids is 1. The Kier molecular flexibility index (Phi) is 6.41. The normalized spacial score (nSPS) is 14.1. The van der Waals surface area contributed by atoms with E-state index in [0.717, 1.165) is 5.57 Å². The van der Waals surface area contributed by atoms with Crippen molar-refractivity contribution in [2.75, 3.05) is 7.11 Å². The zero-order chi connectivity index (χ0) is 11.0. The van der Waals surface area contributed by atoms with Crippen molar-refractivity contribution in [2.45, 2.75) is 19.4 Å². The second-order valence-corrected chi connectivity index (χ2v) is 2.87. The van der Waals surface area contributed by atoms with Crippen molar-refractivity contribution < 1.29 is 9.53 Å². The first kappa shape index (κ1) is 12.7. The summed E-state index contributed by atoms with van der Waals surface area (Å²) in [4.78, 5) is 10.7. The third-order valence-electron chi connectivity index (χ3n) is 1.70. The predicted molar refractivity (Wildman–Crippen MR) is 57.7 cm³/mol. The molecule has 14 heavy (non-hydrogen) atoms. The van der Waals surface area contributed by atoms with E-state index in [1.165, 1.54) is 7.11 Å². The van der Waals surface area contributed by atoms with E-state index in [-0.39, 0.29) is 18.4 Å². The minimum Gasteiger partial charge on any atom is -0.469 e. The van der Waals surface area contributed by atoms with E-state index >= 15 is 0 Å². The van der Waals surface area contributed by atoms with Crippen LogP contribution in [0.25, 0.3) is 0 Å². The van der Waals surface area contributed by atoms with Gasteiger partial charge in [0.2, 0.25) is 0 Å². The number of ether oxygens (including phenoxy) is 1. The Hall–Kier alpha value is -1.35. The van der Waals surface area contributed by atoms with Gasteiger partial charge in [-0.05, 0) is 12.5 Å². The van der Waals surface area contributed by atoms with Gasteiger partial charge in [-0.25, -0.2) is 0 Å². The Morgan fingerprint density at radius 3 is 2.71 bits per heavy atom. The van der Waals surface area contributed by atoms with Crippen LogP contribution in [0, 0.1) is 0 Å². The molecular formula is C11H17NO2. The highest BCUT2D eigenvalue weighted by molar-refractivity contribution is 5.70. The van der Waals surface area contributed by atoms with E-state index in [1.807, 2.05) is 13.0 Å². The molecule has 2 N–H and O–H groups in total. The summed E-state index contributed by atoms with van der Waals surface area (Å²) in [7, 11) is 1.36. The SMILES string of the molecule is C=C/C(=C\C=C/CC(=O)OC)C(C)N. The molecule has 3 nitrogen and oxygen atoms in total. The van der Waals surface area contributed by atoms with E-state index in [1.54, 1.807) is 18.2 Å². The average molecular weight is 195 g/mol. The molecule has 1 unspecified atom stereocenters. The van der Waals surface area contributed by atoms with Gasteiger partial charge in [0.25, 0.3) is 0 Å². The lowest BCUT2D eigenvalue weighted by Gasteiger charge is -2.03. The van der Waals surface area contributed by atoms with E-state index in [0.29, 0.717) is 0 Å². The zero-order valence-electron chi connectivity index (χ0n) is 8.69. The largest absolute Gasteiger partial charge is 0.469 e. The molecule has 3 heteroatoms. The molecule has 78 valence electrons. The number of hydrogen-bond acceptors (Lipinski definition) is 3. The first-order valence-electron chi connectivity index (χ1n) is 4.43. The number of carbonyl (C=O) groups is 1. The van der Waals surface area contributed by atoms with Gasteiger partial charge in [0.05, 0.1) is 13.5 Å². The van der Waals surface area contributed by atoms with Crippen LogP contribution in [0.4, 0.5) is 0 Å². The highest BCUT2D eigenvalue weighted by atomic mass is 16.5. The molecule has 0 rings (SSSR count). The standard InChI is InChI=1S/C11H17NO2/c1-4-10(9(2)12)7-5-6-8-11(13)14-3/h4-7,9H,1,8,12H2,2-3H3/b6-5-,10-7+. The van der Waals surface area contributed by atoms with Gasteiger partial charge in [-0.2, -0.15) is 0 Å². The van der Waals surface area contributed by atoms with Gasteiger partial charge in [-0.1, -0.05) is 30.9 Å². The maximum Gasteiger partial charge on any atom is 0.309 e. The van der Waals surface area contributed by atoms with Crippen molar-refractivity contribution in [1.29, 1.82) is 0 Å².